The summed E-state index contributed by atoms with van der Waals surface area (Å²) in [6, 6.07) is 1.00. The first-order valence-corrected chi connectivity index (χ1v) is 13.5. The van der Waals surface area contributed by atoms with Crippen molar-refractivity contribution in [3.63, 3.8) is 0 Å². The molecule has 1 fully saturated rings. The van der Waals surface area contributed by atoms with E-state index < -0.39 is 66.2 Å². The molecule has 6 atom stereocenters. The molecule has 1 saturated heterocycles. The summed E-state index contributed by atoms with van der Waals surface area (Å²) in [5, 5.41) is 20.5. The van der Waals surface area contributed by atoms with Crippen molar-refractivity contribution in [3.05, 3.63) is 33.1 Å². The number of rotatable bonds is 12. The molecule has 0 aliphatic carbocycles. The predicted molar refractivity (Wildman–Crippen MR) is 109 cm³/mol. The van der Waals surface area contributed by atoms with Gasteiger partial charge in [0.1, 0.15) is 0 Å². The van der Waals surface area contributed by atoms with Gasteiger partial charge in [0.2, 0.25) is 0 Å². The molecule has 2 heterocycles. The van der Waals surface area contributed by atoms with Crippen LogP contribution in [0.4, 0.5) is 0 Å². The van der Waals surface area contributed by atoms with Crippen LogP contribution in [0.2, 0.25) is 0 Å². The number of nitrogens with one attached hydrogen (secondary N) is 1. The Morgan fingerprint density at radius 3 is 2.24 bits per heavy atom. The van der Waals surface area contributed by atoms with Gasteiger partial charge in [0.25, 0.3) is 0 Å². The third-order valence-corrected chi connectivity index (χ3v) is 10.2. The monoisotopic (exact) mass is 542 g/mol. The third kappa shape index (κ3) is 6.84. The van der Waals surface area contributed by atoms with Crippen LogP contribution in [0.15, 0.2) is 21.9 Å². The van der Waals surface area contributed by atoms with E-state index in [4.69, 9.17) is 31.5 Å². The summed E-state index contributed by atoms with van der Waals surface area (Å²) in [7, 11) is -10.3. The van der Waals surface area contributed by atoms with Gasteiger partial charge in [-0.15, -0.1) is 0 Å². The molecule has 0 radical (unpaired) electrons. The summed E-state index contributed by atoms with van der Waals surface area (Å²) in [6.45, 7) is -0.725. The van der Waals surface area contributed by atoms with E-state index in [-0.39, 0.29) is 0 Å². The molecule has 0 aromatic carbocycles. The van der Waals surface area contributed by atoms with Crippen LogP contribution in [0.1, 0.15) is 6.23 Å². The maximum absolute atomic E-state index is 12.9. The van der Waals surface area contributed by atoms with Gasteiger partial charge in [-0.2, -0.15) is 0 Å². The zero-order chi connectivity index (χ0) is 25.0. The second kappa shape index (κ2) is 11.2. The first kappa shape index (κ1) is 28.4. The molecular weight excluding hydrogens is 517 g/mol. The van der Waals surface area contributed by atoms with Gasteiger partial charge in [0.15, 0.2) is 0 Å². The molecule has 0 amide bonds. The van der Waals surface area contributed by atoms with Crippen LogP contribution < -0.4 is 11.2 Å². The van der Waals surface area contributed by atoms with Gasteiger partial charge in [-0.05, 0) is 0 Å². The van der Waals surface area contributed by atoms with E-state index in [9.17, 15) is 33.8 Å². The average Bonchev–Trinajstić information content (AvgIpc) is 3.05. The number of hydrogen-bond donors (Lipinski definition) is 4. The third-order valence-electron chi connectivity index (χ3n) is 4.26. The molecule has 0 saturated carbocycles. The number of phosphoric acid groups is 2. The van der Waals surface area contributed by atoms with Gasteiger partial charge < -0.3 is 0 Å². The van der Waals surface area contributed by atoms with Crippen LogP contribution in [0, 0.1) is 0 Å². The normalized spacial score (nSPS) is 27.7. The average molecular weight is 542 g/mol. The zero-order valence-electron chi connectivity index (χ0n) is 17.8. The molecule has 17 nitrogen and oxygen atoms in total. The van der Waals surface area contributed by atoms with Crippen LogP contribution in [0.3, 0.4) is 0 Å². The standard InChI is InChI=1S/C13H25N2O15P3/c1-23-31(20,21)29-33(25-3,26-4)30-32(22,24-2)27-7-8-10(17)11(18)12(28-8)15-6-5-9(16)14-13(15)19/h5-6,8,10-12,17-18,33H,7H2,1-4H3,(H,20,21)(H,14,16,19). The van der Waals surface area contributed by atoms with Crippen molar-refractivity contribution in [2.45, 2.75) is 24.5 Å². The number of phosphoric ester groups is 2. The minimum absolute atomic E-state index is 0.686. The maximum atomic E-state index is 12.9. The van der Waals surface area contributed by atoms with Gasteiger partial charge >= 0.3 is 186 Å². The van der Waals surface area contributed by atoms with Crippen molar-refractivity contribution in [3.8, 4) is 0 Å². The Morgan fingerprint density at radius 2 is 1.73 bits per heavy atom. The summed E-state index contributed by atoms with van der Waals surface area (Å²) in [5.41, 5.74) is -1.60. The van der Waals surface area contributed by atoms with Crippen LogP contribution >= 0.6 is 23.8 Å². The van der Waals surface area contributed by atoms with Gasteiger partial charge in [0, 0.05) is 0 Å². The molecule has 4 N–H and O–H groups in total. The van der Waals surface area contributed by atoms with Gasteiger partial charge in [0.05, 0.1) is 0 Å². The van der Waals surface area contributed by atoms with E-state index in [1.54, 1.807) is 0 Å². The van der Waals surface area contributed by atoms with Crippen molar-refractivity contribution in [2.75, 3.05) is 35.0 Å². The Bertz CT molecular complexity index is 1010. The molecule has 20 heteroatoms. The Morgan fingerprint density at radius 1 is 1.09 bits per heavy atom. The predicted octanol–water partition coefficient (Wildman–Crippen LogP) is -0.590. The summed E-state index contributed by atoms with van der Waals surface area (Å²) < 4.78 is 64.5. The summed E-state index contributed by atoms with van der Waals surface area (Å²) in [6.07, 6.45) is -5.00. The van der Waals surface area contributed by atoms with E-state index in [1.165, 1.54) is 0 Å². The number of aromatic nitrogens is 2. The Kier molecular flexibility index (Phi) is 9.67. The van der Waals surface area contributed by atoms with E-state index in [1.807, 2.05) is 4.98 Å². The molecule has 0 bridgehead atoms. The number of aliphatic hydroxyl groups is 2. The number of H-pyrrole nitrogens is 1. The van der Waals surface area contributed by atoms with Gasteiger partial charge in [-0.1, -0.05) is 0 Å². The van der Waals surface area contributed by atoms with Gasteiger partial charge in [-0.25, -0.2) is 0 Å². The molecule has 1 aliphatic rings. The molecule has 1 aliphatic heterocycles. The van der Waals surface area contributed by atoms with E-state index in [0.717, 1.165) is 45.3 Å². The summed E-state index contributed by atoms with van der Waals surface area (Å²) in [5.74, 6) is 0. The topological polar surface area (TPSA) is 224 Å². The molecule has 0 spiro atoms. The number of aliphatic hydroxyl groups excluding tert-OH is 2. The van der Waals surface area contributed by atoms with Crippen molar-refractivity contribution >= 4 is 23.8 Å². The first-order chi connectivity index (χ1) is 15.3. The van der Waals surface area contributed by atoms with Crippen molar-refractivity contribution < 1.29 is 60.2 Å². The Labute approximate surface area is 187 Å². The van der Waals surface area contributed by atoms with Crippen LogP contribution in [0.5, 0.6) is 0 Å². The number of nitrogens with zero attached hydrogens (tertiary/aromatic N) is 1. The fourth-order valence-electron chi connectivity index (χ4n) is 2.57. The first-order valence-electron chi connectivity index (χ1n) is 8.88. The SMILES string of the molecule is COP(=O)(O)O[PH](OC)(OC)OP(=O)(OC)OCC1OC(n2ccc(=O)[nH]c2=O)C(O)C1O. The molecular formula is C13H25N2O15P3. The Hall–Kier alpha value is -0.870. The van der Waals surface area contributed by atoms with Crippen molar-refractivity contribution in [1.82, 2.24) is 9.55 Å². The number of aromatic amines is 1. The second-order valence-corrected chi connectivity index (χ2v) is 12.3. The molecule has 33 heavy (non-hydrogen) atoms. The number of hydrogen-bond acceptors (Lipinski definition) is 14. The minimum atomic E-state index is -4.73. The summed E-state index contributed by atoms with van der Waals surface area (Å²) in [4.78, 5) is 34.7. The van der Waals surface area contributed by atoms with E-state index in [2.05, 4.69) is 4.52 Å². The fourth-order valence-corrected chi connectivity index (χ4v) is 7.83. The van der Waals surface area contributed by atoms with Crippen LogP contribution in [-0.4, -0.2) is 78.0 Å². The quantitative estimate of drug-likeness (QED) is 0.242. The van der Waals surface area contributed by atoms with Gasteiger partial charge in [-0.3, -0.25) is 0 Å². The van der Waals surface area contributed by atoms with Crippen molar-refractivity contribution in [1.29, 1.82) is 0 Å². The summed E-state index contributed by atoms with van der Waals surface area (Å²) >= 11 is 0. The molecule has 1 aromatic rings. The fraction of sp³-hybridized carbons (Fsp3) is 0.692. The van der Waals surface area contributed by atoms with Crippen LogP contribution in [-0.2, 0) is 45.1 Å². The molecule has 2 rings (SSSR count). The number of ether oxygens (including phenoxy) is 1. The van der Waals surface area contributed by atoms with E-state index >= 15 is 0 Å². The van der Waals surface area contributed by atoms with Crippen LogP contribution in [0.25, 0.3) is 0 Å². The molecule has 192 valence electrons. The molecule has 1 aromatic heterocycles. The Balaban J connectivity index is 2.16. The van der Waals surface area contributed by atoms with E-state index in [0.29, 0.717) is 0 Å². The molecule has 6 unspecified atom stereocenters. The van der Waals surface area contributed by atoms with Crippen molar-refractivity contribution in [2.24, 2.45) is 0 Å². The zero-order valence-corrected chi connectivity index (χ0v) is 20.5. The second-order valence-electron chi connectivity index (χ2n) is 6.23.